The first-order valence-corrected chi connectivity index (χ1v) is 4.12. The lowest BCUT2D eigenvalue weighted by molar-refractivity contribution is 0.350. The number of hydrogen-bond donors (Lipinski definition) is 1. The van der Waals surface area contributed by atoms with Crippen LogP contribution in [0.25, 0.3) is 0 Å². The Kier molecular flexibility index (Phi) is 1.26. The topological polar surface area (TPSA) is 26.0 Å². The first-order chi connectivity index (χ1) is 4.36. The molecule has 2 aliphatic carbocycles. The Labute approximate surface area is 56.6 Å². The largest absolute Gasteiger partial charge is 0.327 e. The second-order valence-electron chi connectivity index (χ2n) is 3.69. The zero-order chi connectivity index (χ0) is 6.27. The molecule has 3 atom stereocenters. The molecule has 9 heavy (non-hydrogen) atoms. The van der Waals surface area contributed by atoms with Gasteiger partial charge in [-0.3, -0.25) is 0 Å². The van der Waals surface area contributed by atoms with Crippen LogP contribution in [0.15, 0.2) is 0 Å². The summed E-state index contributed by atoms with van der Waals surface area (Å²) in [6.45, 7) is 0. The van der Waals surface area contributed by atoms with E-state index < -0.39 is 0 Å². The van der Waals surface area contributed by atoms with Gasteiger partial charge in [0.1, 0.15) is 0 Å². The van der Waals surface area contributed by atoms with Crippen LogP contribution < -0.4 is 5.73 Å². The van der Waals surface area contributed by atoms with E-state index in [2.05, 4.69) is 0 Å². The second kappa shape index (κ2) is 1.98. The van der Waals surface area contributed by atoms with Gasteiger partial charge in [0.2, 0.25) is 0 Å². The molecule has 0 aromatic rings. The van der Waals surface area contributed by atoms with E-state index in [1.807, 2.05) is 0 Å². The van der Waals surface area contributed by atoms with Gasteiger partial charge in [-0.25, -0.2) is 0 Å². The molecule has 2 aliphatic rings. The lowest BCUT2D eigenvalue weighted by Gasteiger charge is -2.18. The highest BCUT2D eigenvalue weighted by molar-refractivity contribution is 4.89. The third-order valence-electron chi connectivity index (χ3n) is 3.03. The Bertz CT molecular complexity index is 109. The summed E-state index contributed by atoms with van der Waals surface area (Å²) in [5, 5.41) is 0. The molecule has 2 N–H and O–H groups in total. The van der Waals surface area contributed by atoms with Crippen LogP contribution in [0.2, 0.25) is 0 Å². The molecule has 0 spiro atoms. The van der Waals surface area contributed by atoms with Crippen LogP contribution in [0, 0.1) is 11.8 Å². The van der Waals surface area contributed by atoms with Gasteiger partial charge >= 0.3 is 0 Å². The molecular formula is C8H15N. The van der Waals surface area contributed by atoms with Crippen molar-refractivity contribution in [3.05, 3.63) is 0 Å². The van der Waals surface area contributed by atoms with Gasteiger partial charge in [0.25, 0.3) is 0 Å². The number of hydrogen-bond acceptors (Lipinski definition) is 1. The van der Waals surface area contributed by atoms with Crippen molar-refractivity contribution in [3.8, 4) is 0 Å². The average molecular weight is 125 g/mol. The molecule has 0 aromatic carbocycles. The molecule has 2 saturated carbocycles. The average Bonchev–Trinajstić information content (AvgIpc) is 2.09. The summed E-state index contributed by atoms with van der Waals surface area (Å²) in [5.41, 5.74) is 5.92. The van der Waals surface area contributed by atoms with Crippen LogP contribution in [0.5, 0.6) is 0 Å². The number of fused-ring (bicyclic) bond motifs is 2. The molecule has 0 heterocycles. The van der Waals surface area contributed by atoms with Crippen LogP contribution in [0.1, 0.15) is 32.1 Å². The fourth-order valence-corrected chi connectivity index (χ4v) is 2.51. The molecule has 2 rings (SSSR count). The van der Waals surface area contributed by atoms with Crippen LogP contribution in [-0.4, -0.2) is 6.04 Å². The minimum Gasteiger partial charge on any atom is -0.327 e. The Morgan fingerprint density at radius 1 is 1.11 bits per heavy atom. The third kappa shape index (κ3) is 0.877. The first-order valence-electron chi connectivity index (χ1n) is 4.12. The van der Waals surface area contributed by atoms with E-state index in [4.69, 9.17) is 5.73 Å². The van der Waals surface area contributed by atoms with Crippen molar-refractivity contribution < 1.29 is 0 Å². The molecule has 1 nitrogen and oxygen atoms in total. The summed E-state index contributed by atoms with van der Waals surface area (Å²) >= 11 is 0. The molecule has 0 saturated heterocycles. The Morgan fingerprint density at radius 2 is 2.00 bits per heavy atom. The zero-order valence-corrected chi connectivity index (χ0v) is 5.84. The van der Waals surface area contributed by atoms with Crippen molar-refractivity contribution in [1.82, 2.24) is 0 Å². The maximum Gasteiger partial charge on any atom is 0.00699 e. The highest BCUT2D eigenvalue weighted by Crippen LogP contribution is 2.40. The van der Waals surface area contributed by atoms with Gasteiger partial charge in [0, 0.05) is 6.04 Å². The lowest BCUT2D eigenvalue weighted by atomic mass is 9.89. The SMILES string of the molecule is N[C@@H]1C[C@H]2CCC[C@H]1C2. The van der Waals surface area contributed by atoms with Gasteiger partial charge in [0.15, 0.2) is 0 Å². The third-order valence-corrected chi connectivity index (χ3v) is 3.03. The molecular weight excluding hydrogens is 110 g/mol. The van der Waals surface area contributed by atoms with Gasteiger partial charge in [-0.15, -0.1) is 0 Å². The van der Waals surface area contributed by atoms with E-state index in [9.17, 15) is 0 Å². The van der Waals surface area contributed by atoms with E-state index in [1.165, 1.54) is 32.1 Å². The van der Waals surface area contributed by atoms with Gasteiger partial charge < -0.3 is 5.73 Å². The summed E-state index contributed by atoms with van der Waals surface area (Å²) in [5.74, 6) is 1.92. The van der Waals surface area contributed by atoms with E-state index in [0.717, 1.165) is 11.8 Å². The normalized spacial score (nSPS) is 49.7. The number of rotatable bonds is 0. The van der Waals surface area contributed by atoms with E-state index in [-0.39, 0.29) is 0 Å². The first kappa shape index (κ1) is 5.72. The molecule has 2 fully saturated rings. The monoisotopic (exact) mass is 125 g/mol. The standard InChI is InChI=1S/C8H15N/c9-8-5-6-2-1-3-7(8)4-6/h6-8H,1-5,9H2/t6-,7-,8+/m0/s1. The summed E-state index contributed by atoms with van der Waals surface area (Å²) in [6.07, 6.45) is 7.09. The summed E-state index contributed by atoms with van der Waals surface area (Å²) in [7, 11) is 0. The Morgan fingerprint density at radius 3 is 2.67 bits per heavy atom. The molecule has 0 aromatic heterocycles. The predicted octanol–water partition coefficient (Wildman–Crippen LogP) is 1.52. The summed E-state index contributed by atoms with van der Waals surface area (Å²) in [6, 6.07) is 0.567. The van der Waals surface area contributed by atoms with Crippen molar-refractivity contribution >= 4 is 0 Å². The van der Waals surface area contributed by atoms with Gasteiger partial charge in [0.05, 0.1) is 0 Å². The van der Waals surface area contributed by atoms with Gasteiger partial charge in [-0.05, 0) is 31.1 Å². The number of nitrogens with two attached hydrogens (primary N) is 1. The zero-order valence-electron chi connectivity index (χ0n) is 5.84. The minimum absolute atomic E-state index is 0.567. The maximum absolute atomic E-state index is 5.92. The predicted molar refractivity (Wildman–Crippen MR) is 38.0 cm³/mol. The van der Waals surface area contributed by atoms with Crippen molar-refractivity contribution in [2.75, 3.05) is 0 Å². The molecule has 0 aliphatic heterocycles. The van der Waals surface area contributed by atoms with Gasteiger partial charge in [-0.2, -0.15) is 0 Å². The fraction of sp³-hybridized carbons (Fsp3) is 1.00. The molecule has 52 valence electrons. The highest BCUT2D eigenvalue weighted by Gasteiger charge is 2.34. The molecule has 1 heteroatoms. The Hall–Kier alpha value is -0.0400. The van der Waals surface area contributed by atoms with Crippen molar-refractivity contribution in [2.45, 2.75) is 38.1 Å². The summed E-state index contributed by atoms with van der Waals surface area (Å²) in [4.78, 5) is 0. The molecule has 0 radical (unpaired) electrons. The van der Waals surface area contributed by atoms with Crippen LogP contribution in [0.3, 0.4) is 0 Å². The Balaban J connectivity index is 2.07. The molecule has 2 bridgehead atoms. The smallest absolute Gasteiger partial charge is 0.00699 e. The quantitative estimate of drug-likeness (QED) is 0.522. The van der Waals surface area contributed by atoms with Crippen molar-refractivity contribution in [2.24, 2.45) is 17.6 Å². The highest BCUT2D eigenvalue weighted by atomic mass is 14.7. The van der Waals surface area contributed by atoms with Gasteiger partial charge in [-0.1, -0.05) is 12.8 Å². The van der Waals surface area contributed by atoms with Crippen LogP contribution in [0.4, 0.5) is 0 Å². The second-order valence-corrected chi connectivity index (χ2v) is 3.69. The molecule has 0 amide bonds. The van der Waals surface area contributed by atoms with Crippen LogP contribution >= 0.6 is 0 Å². The van der Waals surface area contributed by atoms with E-state index >= 15 is 0 Å². The lowest BCUT2D eigenvalue weighted by Crippen LogP contribution is -2.23. The van der Waals surface area contributed by atoms with Crippen molar-refractivity contribution in [1.29, 1.82) is 0 Å². The summed E-state index contributed by atoms with van der Waals surface area (Å²) < 4.78 is 0. The van der Waals surface area contributed by atoms with E-state index in [1.54, 1.807) is 0 Å². The van der Waals surface area contributed by atoms with Crippen molar-refractivity contribution in [3.63, 3.8) is 0 Å². The minimum atomic E-state index is 0.567. The maximum atomic E-state index is 5.92. The molecule has 0 unspecified atom stereocenters. The fourth-order valence-electron chi connectivity index (χ4n) is 2.51. The van der Waals surface area contributed by atoms with Crippen LogP contribution in [-0.2, 0) is 0 Å². The van der Waals surface area contributed by atoms with E-state index in [0.29, 0.717) is 6.04 Å².